The molecule has 2 heterocycles. The summed E-state index contributed by atoms with van der Waals surface area (Å²) in [4.78, 5) is 26.7. The molecule has 0 aromatic carbocycles. The van der Waals surface area contributed by atoms with Gasteiger partial charge in [0.2, 0.25) is 5.95 Å². The lowest BCUT2D eigenvalue weighted by atomic mass is 9.85. The molecule has 1 saturated heterocycles. The minimum Gasteiger partial charge on any atom is -0.383 e. The maximum atomic E-state index is 13.2. The number of hydrogen-bond donors (Lipinski definition) is 1. The largest absolute Gasteiger partial charge is 0.383 e. The Morgan fingerprint density at radius 1 is 1.13 bits per heavy atom. The number of carbonyl (C=O) groups is 1. The number of aliphatic hydroxyl groups is 1. The van der Waals surface area contributed by atoms with Crippen LogP contribution in [0.2, 0.25) is 0 Å². The second kappa shape index (κ2) is 11.1. The number of carbonyl (C=O) groups excluding carboxylic acids is 1. The smallest absolute Gasteiger partial charge is 0.251 e. The number of aryl methyl sites for hydroxylation is 1. The molecule has 2 fully saturated rings. The lowest BCUT2D eigenvalue weighted by Gasteiger charge is -2.30. The molecule has 1 amide bonds. The van der Waals surface area contributed by atoms with Gasteiger partial charge in [-0.3, -0.25) is 4.79 Å². The highest BCUT2D eigenvalue weighted by molar-refractivity contribution is 5.80. The monoisotopic (exact) mass is 416 g/mol. The molecular formula is C24H40N4O2. The highest BCUT2D eigenvalue weighted by Crippen LogP contribution is 2.28. The van der Waals surface area contributed by atoms with Crippen molar-refractivity contribution in [2.75, 3.05) is 24.5 Å². The van der Waals surface area contributed by atoms with E-state index in [0.717, 1.165) is 43.3 Å². The van der Waals surface area contributed by atoms with Crippen molar-refractivity contribution in [1.82, 2.24) is 14.9 Å². The van der Waals surface area contributed by atoms with Gasteiger partial charge in [0.05, 0.1) is 12.2 Å². The number of aliphatic hydroxyl groups excluding tert-OH is 1. The van der Waals surface area contributed by atoms with E-state index >= 15 is 0 Å². The molecule has 3 rings (SSSR count). The first-order valence-corrected chi connectivity index (χ1v) is 12.0. The third-order valence-electron chi connectivity index (χ3n) is 6.35. The van der Waals surface area contributed by atoms with E-state index in [1.54, 1.807) is 4.90 Å². The molecule has 1 saturated carbocycles. The number of nitrogens with zero attached hydrogens (tertiary/aromatic N) is 4. The summed E-state index contributed by atoms with van der Waals surface area (Å²) in [5.74, 6) is 1.44. The van der Waals surface area contributed by atoms with Crippen LogP contribution >= 0.6 is 0 Å². The SMILES string of the molecule is Cc1cc(CN(CC(C)C)C(=O)C(O)CC2CCCCC2)nc(N2CCCCC2)n1. The van der Waals surface area contributed by atoms with Gasteiger partial charge in [0.25, 0.3) is 5.91 Å². The van der Waals surface area contributed by atoms with Gasteiger partial charge in [0.15, 0.2) is 0 Å². The molecule has 1 aromatic rings. The van der Waals surface area contributed by atoms with Crippen LogP contribution in [0.5, 0.6) is 0 Å². The minimum absolute atomic E-state index is 0.148. The Morgan fingerprint density at radius 3 is 2.47 bits per heavy atom. The molecule has 2 aliphatic rings. The van der Waals surface area contributed by atoms with Crippen molar-refractivity contribution in [1.29, 1.82) is 0 Å². The third-order valence-corrected chi connectivity index (χ3v) is 6.35. The van der Waals surface area contributed by atoms with Crippen molar-refractivity contribution >= 4 is 11.9 Å². The number of piperidine rings is 1. The van der Waals surface area contributed by atoms with Crippen molar-refractivity contribution in [3.05, 3.63) is 17.5 Å². The molecule has 1 aromatic heterocycles. The predicted molar refractivity (Wildman–Crippen MR) is 120 cm³/mol. The van der Waals surface area contributed by atoms with Gasteiger partial charge in [-0.15, -0.1) is 0 Å². The van der Waals surface area contributed by atoms with Crippen LogP contribution in [0, 0.1) is 18.8 Å². The maximum Gasteiger partial charge on any atom is 0.251 e. The van der Waals surface area contributed by atoms with Gasteiger partial charge in [-0.05, 0) is 50.5 Å². The Kier molecular flexibility index (Phi) is 8.49. The van der Waals surface area contributed by atoms with E-state index in [9.17, 15) is 9.90 Å². The van der Waals surface area contributed by atoms with Crippen molar-refractivity contribution in [2.24, 2.45) is 11.8 Å². The molecule has 6 nitrogen and oxygen atoms in total. The lowest BCUT2D eigenvalue weighted by Crippen LogP contribution is -2.42. The summed E-state index contributed by atoms with van der Waals surface area (Å²) in [5.41, 5.74) is 1.79. The Balaban J connectivity index is 1.70. The van der Waals surface area contributed by atoms with Crippen LogP contribution in [-0.4, -0.2) is 51.6 Å². The van der Waals surface area contributed by atoms with E-state index in [2.05, 4.69) is 23.7 Å². The zero-order valence-electron chi connectivity index (χ0n) is 19.1. The second-order valence-corrected chi connectivity index (χ2v) is 9.72. The van der Waals surface area contributed by atoms with Gasteiger partial charge in [-0.2, -0.15) is 0 Å². The quantitative estimate of drug-likeness (QED) is 0.691. The fraction of sp³-hybridized carbons (Fsp3) is 0.792. The van der Waals surface area contributed by atoms with Gasteiger partial charge in [-0.1, -0.05) is 46.0 Å². The summed E-state index contributed by atoms with van der Waals surface area (Å²) in [6, 6.07) is 1.97. The van der Waals surface area contributed by atoms with E-state index in [-0.39, 0.29) is 5.91 Å². The molecule has 30 heavy (non-hydrogen) atoms. The third kappa shape index (κ3) is 6.66. The first kappa shape index (κ1) is 23.0. The number of rotatable bonds is 8. The van der Waals surface area contributed by atoms with Crippen molar-refractivity contribution in [3.8, 4) is 0 Å². The van der Waals surface area contributed by atoms with Gasteiger partial charge in [0.1, 0.15) is 6.10 Å². The van der Waals surface area contributed by atoms with Crippen LogP contribution in [0.1, 0.15) is 83.0 Å². The van der Waals surface area contributed by atoms with Crippen LogP contribution in [-0.2, 0) is 11.3 Å². The maximum absolute atomic E-state index is 13.2. The van der Waals surface area contributed by atoms with Gasteiger partial charge in [-0.25, -0.2) is 9.97 Å². The molecule has 0 bridgehead atoms. The minimum atomic E-state index is -0.906. The van der Waals surface area contributed by atoms with E-state index < -0.39 is 6.10 Å². The van der Waals surface area contributed by atoms with Crippen molar-refractivity contribution in [2.45, 2.75) is 91.2 Å². The van der Waals surface area contributed by atoms with E-state index in [0.29, 0.717) is 31.3 Å². The Hall–Kier alpha value is -1.69. The normalized spacial score (nSPS) is 19.2. The number of hydrogen-bond acceptors (Lipinski definition) is 5. The predicted octanol–water partition coefficient (Wildman–Crippen LogP) is 4.09. The molecule has 1 N–H and O–H groups in total. The van der Waals surface area contributed by atoms with Gasteiger partial charge < -0.3 is 14.9 Å². The lowest BCUT2D eigenvalue weighted by molar-refractivity contribution is -0.142. The van der Waals surface area contributed by atoms with Gasteiger partial charge in [0, 0.05) is 25.3 Å². The molecule has 1 atom stereocenters. The molecule has 1 aliphatic carbocycles. The highest BCUT2D eigenvalue weighted by atomic mass is 16.3. The molecule has 6 heteroatoms. The highest BCUT2D eigenvalue weighted by Gasteiger charge is 2.27. The molecule has 1 unspecified atom stereocenters. The molecule has 0 radical (unpaired) electrons. The number of anilines is 1. The summed E-state index contributed by atoms with van der Waals surface area (Å²) in [6.07, 6.45) is 9.32. The van der Waals surface area contributed by atoms with Crippen LogP contribution in [0.15, 0.2) is 6.07 Å². The zero-order valence-corrected chi connectivity index (χ0v) is 19.1. The van der Waals surface area contributed by atoms with Crippen LogP contribution in [0.4, 0.5) is 5.95 Å². The summed E-state index contributed by atoms with van der Waals surface area (Å²) in [6.45, 7) is 9.27. The average Bonchev–Trinajstić information content (AvgIpc) is 2.73. The van der Waals surface area contributed by atoms with E-state index in [1.807, 2.05) is 13.0 Å². The molecule has 1 aliphatic heterocycles. The average molecular weight is 417 g/mol. The number of aromatic nitrogens is 2. The Morgan fingerprint density at radius 2 is 1.80 bits per heavy atom. The fourth-order valence-corrected chi connectivity index (χ4v) is 4.85. The number of amides is 1. The van der Waals surface area contributed by atoms with Crippen molar-refractivity contribution in [3.63, 3.8) is 0 Å². The van der Waals surface area contributed by atoms with E-state index in [1.165, 1.54) is 38.5 Å². The van der Waals surface area contributed by atoms with Gasteiger partial charge >= 0.3 is 0 Å². The Bertz CT molecular complexity index is 682. The molecule has 168 valence electrons. The van der Waals surface area contributed by atoms with E-state index in [4.69, 9.17) is 4.98 Å². The van der Waals surface area contributed by atoms with Crippen LogP contribution in [0.3, 0.4) is 0 Å². The molecule has 0 spiro atoms. The topological polar surface area (TPSA) is 69.6 Å². The first-order chi connectivity index (χ1) is 14.4. The standard InChI is InChI=1S/C24H40N4O2/c1-18(2)16-28(23(30)22(29)15-20-10-6-4-7-11-20)17-21-14-19(3)25-24(26-21)27-12-8-5-9-13-27/h14,18,20,22,29H,4-13,15-17H2,1-3H3. The van der Waals surface area contributed by atoms with Crippen molar-refractivity contribution < 1.29 is 9.90 Å². The van der Waals surface area contributed by atoms with Crippen LogP contribution < -0.4 is 4.90 Å². The summed E-state index contributed by atoms with van der Waals surface area (Å²) >= 11 is 0. The summed E-state index contributed by atoms with van der Waals surface area (Å²) in [5, 5.41) is 10.7. The summed E-state index contributed by atoms with van der Waals surface area (Å²) < 4.78 is 0. The fourth-order valence-electron chi connectivity index (χ4n) is 4.85. The first-order valence-electron chi connectivity index (χ1n) is 12.0. The second-order valence-electron chi connectivity index (χ2n) is 9.72. The molecular weight excluding hydrogens is 376 g/mol. The Labute approximate surface area is 182 Å². The van der Waals surface area contributed by atoms with Crippen LogP contribution in [0.25, 0.3) is 0 Å². The summed E-state index contributed by atoms with van der Waals surface area (Å²) in [7, 11) is 0. The zero-order chi connectivity index (χ0) is 21.5.